The molecule has 0 fully saturated rings. The molecule has 2 heterocycles. The summed E-state index contributed by atoms with van der Waals surface area (Å²) in [5.41, 5.74) is -3.81. The Bertz CT molecular complexity index is 969. The minimum Gasteiger partial charge on any atom is -0.493 e. The maximum absolute atomic E-state index is 12.0. The van der Waals surface area contributed by atoms with Crippen LogP contribution in [-0.4, -0.2) is 30.0 Å². The molecule has 2 rings (SSSR count). The zero-order valence-corrected chi connectivity index (χ0v) is 12.9. The molecule has 0 amide bonds. The third-order valence-corrected chi connectivity index (χ3v) is 2.56. The van der Waals surface area contributed by atoms with E-state index in [0.717, 1.165) is 0 Å². The van der Waals surface area contributed by atoms with Crippen molar-refractivity contribution < 1.29 is 36.4 Å². The molecule has 27 heavy (non-hydrogen) atoms. The number of hydrogen-bond donors (Lipinski definition) is 3. The van der Waals surface area contributed by atoms with Gasteiger partial charge in [0.15, 0.2) is 0 Å². The van der Waals surface area contributed by atoms with Gasteiger partial charge in [0, 0.05) is 0 Å². The van der Waals surface area contributed by atoms with Crippen molar-refractivity contribution in [3.8, 4) is 5.88 Å². The monoisotopic (exact) mass is 423 g/mol. The number of aromatic amines is 2. The van der Waals surface area contributed by atoms with Gasteiger partial charge >= 0.3 is 23.6 Å². The third kappa shape index (κ3) is 5.94. The lowest BCUT2D eigenvalue weighted by Crippen LogP contribution is -2.21. The van der Waals surface area contributed by atoms with Crippen molar-refractivity contribution >= 4 is 17.3 Å². The zero-order chi connectivity index (χ0) is 21.2. The fourth-order valence-corrected chi connectivity index (χ4v) is 1.55. The van der Waals surface area contributed by atoms with Gasteiger partial charge in [-0.3, -0.25) is 24.7 Å². The number of halogens is 7. The molecule has 0 saturated carbocycles. The van der Waals surface area contributed by atoms with Gasteiger partial charge in [-0.15, -0.1) is 0 Å². The van der Waals surface area contributed by atoms with Gasteiger partial charge in [-0.05, 0) is 0 Å². The van der Waals surface area contributed by atoms with Gasteiger partial charge in [0.1, 0.15) is 0 Å². The number of rotatable bonds is 1. The molecule has 0 aromatic carbocycles. The second kappa shape index (κ2) is 7.60. The molecule has 0 spiro atoms. The van der Waals surface area contributed by atoms with Crippen molar-refractivity contribution in [2.24, 2.45) is 0 Å². The van der Waals surface area contributed by atoms with E-state index >= 15 is 0 Å². The van der Waals surface area contributed by atoms with Crippen LogP contribution in [0.5, 0.6) is 5.88 Å². The second-order valence-electron chi connectivity index (χ2n) is 4.26. The lowest BCUT2D eigenvalue weighted by Gasteiger charge is -2.04. The van der Waals surface area contributed by atoms with Crippen LogP contribution in [0.25, 0.3) is 0 Å². The number of hydrogen-bond acceptors (Lipinski definition) is 7. The molecule has 2 aromatic heterocycles. The molecule has 148 valence electrons. The summed E-state index contributed by atoms with van der Waals surface area (Å²) in [6, 6.07) is 0.551. The molecule has 0 atom stereocenters. The van der Waals surface area contributed by atoms with Crippen molar-refractivity contribution in [1.82, 2.24) is 19.9 Å². The summed E-state index contributed by atoms with van der Waals surface area (Å²) in [6.07, 6.45) is -9.67. The van der Waals surface area contributed by atoms with E-state index in [1.807, 2.05) is 0 Å². The van der Waals surface area contributed by atoms with Gasteiger partial charge in [-0.25, -0.2) is 4.98 Å². The van der Waals surface area contributed by atoms with Gasteiger partial charge in [-0.1, -0.05) is 11.6 Å². The number of nitrogens with zero attached hydrogens (tertiary/aromatic N) is 3. The summed E-state index contributed by atoms with van der Waals surface area (Å²) >= 11 is 5.06. The lowest BCUT2D eigenvalue weighted by atomic mass is 10.5. The molecule has 2 aromatic rings. The van der Waals surface area contributed by atoms with E-state index in [4.69, 9.17) is 16.7 Å². The van der Waals surface area contributed by atoms with Gasteiger partial charge in [0.2, 0.25) is 22.7 Å². The van der Waals surface area contributed by atoms with Crippen LogP contribution in [0.3, 0.4) is 0 Å². The predicted molar refractivity (Wildman–Crippen MR) is 73.0 cm³/mol. The number of alkyl halides is 6. The number of aromatic hydroxyl groups is 1. The van der Waals surface area contributed by atoms with Crippen LogP contribution in [0, 0.1) is 10.1 Å². The van der Waals surface area contributed by atoms with Crippen molar-refractivity contribution in [1.29, 1.82) is 0 Å². The molecule has 10 nitrogen and oxygen atoms in total. The fraction of sp³-hybridized carbons (Fsp3) is 0.200. The van der Waals surface area contributed by atoms with E-state index < -0.39 is 56.8 Å². The number of nitro groups is 1. The quantitative estimate of drug-likeness (QED) is 0.273. The Morgan fingerprint density at radius 2 is 1.52 bits per heavy atom. The maximum atomic E-state index is 12.0. The highest BCUT2D eigenvalue weighted by molar-refractivity contribution is 6.31. The first kappa shape index (κ1) is 21.9. The van der Waals surface area contributed by atoms with Crippen LogP contribution in [0.1, 0.15) is 11.6 Å². The molecule has 0 aliphatic rings. The average molecular weight is 424 g/mol. The molecule has 0 saturated heterocycles. The first-order valence-electron chi connectivity index (χ1n) is 6.02. The van der Waals surface area contributed by atoms with Crippen LogP contribution in [-0.2, 0) is 12.4 Å². The largest absolute Gasteiger partial charge is 0.493 e. The summed E-state index contributed by atoms with van der Waals surface area (Å²) in [4.78, 5) is 38.2. The third-order valence-electron chi connectivity index (χ3n) is 2.30. The van der Waals surface area contributed by atoms with Crippen LogP contribution in [0.15, 0.2) is 15.7 Å². The van der Waals surface area contributed by atoms with E-state index in [2.05, 4.69) is 9.97 Å². The fourth-order valence-electron chi connectivity index (χ4n) is 1.31. The maximum Gasteiger partial charge on any atom is 0.449 e. The van der Waals surface area contributed by atoms with Crippen molar-refractivity contribution in [2.45, 2.75) is 12.4 Å². The van der Waals surface area contributed by atoms with Crippen LogP contribution in [0.2, 0.25) is 5.15 Å². The number of aromatic nitrogens is 4. The molecule has 3 N–H and O–H groups in total. The SMILES string of the molecule is O=c1[nH]c(C(F)(F)F)nc(Cl)c1[N+](=O)[O-].O=c1cc(O)nc(C(F)(F)F)[nH]1. The van der Waals surface area contributed by atoms with Crippen molar-refractivity contribution in [3.63, 3.8) is 0 Å². The average Bonchev–Trinajstić information content (AvgIpc) is 2.43. The first-order chi connectivity index (χ1) is 12.1. The lowest BCUT2D eigenvalue weighted by molar-refractivity contribution is -0.386. The summed E-state index contributed by atoms with van der Waals surface area (Å²) in [5, 5.41) is 17.6. The van der Waals surface area contributed by atoms with E-state index in [1.165, 1.54) is 9.97 Å². The summed E-state index contributed by atoms with van der Waals surface area (Å²) in [6.45, 7) is 0. The summed E-state index contributed by atoms with van der Waals surface area (Å²) in [7, 11) is 0. The van der Waals surface area contributed by atoms with Crippen LogP contribution >= 0.6 is 11.6 Å². The molecule has 0 aliphatic carbocycles. The Balaban J connectivity index is 0.000000277. The van der Waals surface area contributed by atoms with E-state index in [0.29, 0.717) is 6.07 Å². The molecule has 0 unspecified atom stereocenters. The molecule has 0 bridgehead atoms. The summed E-state index contributed by atoms with van der Waals surface area (Å²) in [5.74, 6) is -4.14. The van der Waals surface area contributed by atoms with E-state index in [1.54, 1.807) is 0 Å². The normalized spacial score (nSPS) is 11.5. The Hall–Kier alpha value is -3.17. The van der Waals surface area contributed by atoms with Crippen LogP contribution in [0.4, 0.5) is 32.0 Å². The zero-order valence-electron chi connectivity index (χ0n) is 12.1. The van der Waals surface area contributed by atoms with Crippen molar-refractivity contribution in [3.05, 3.63) is 53.7 Å². The topological polar surface area (TPSA) is 155 Å². The molecule has 0 aliphatic heterocycles. The van der Waals surface area contributed by atoms with Gasteiger partial charge in [0.05, 0.1) is 11.0 Å². The first-order valence-corrected chi connectivity index (χ1v) is 6.39. The Morgan fingerprint density at radius 1 is 1.04 bits per heavy atom. The van der Waals surface area contributed by atoms with Crippen molar-refractivity contribution in [2.75, 3.05) is 0 Å². The van der Waals surface area contributed by atoms with Gasteiger partial charge in [-0.2, -0.15) is 31.3 Å². The van der Waals surface area contributed by atoms with Gasteiger partial charge in [0.25, 0.3) is 5.56 Å². The highest BCUT2D eigenvalue weighted by atomic mass is 35.5. The van der Waals surface area contributed by atoms with Crippen LogP contribution < -0.4 is 11.1 Å². The molecule has 0 radical (unpaired) electrons. The smallest absolute Gasteiger partial charge is 0.449 e. The minimum absolute atomic E-state index is 0.551. The van der Waals surface area contributed by atoms with E-state index in [9.17, 15) is 46.0 Å². The Kier molecular flexibility index (Phi) is 6.16. The number of nitrogens with one attached hydrogen (secondary N) is 2. The highest BCUT2D eigenvalue weighted by Crippen LogP contribution is 2.28. The standard InChI is InChI=1S/C5HClF3N3O3.C5H3F3N2O2/c6-2-1(12(14)15)3(13)11-4(10-2)5(7,8)9;6-5(7,8)4-9-2(11)1-3(12)10-4/h(H,10,11,13);1H,(H2,9,10,11,12). The highest BCUT2D eigenvalue weighted by Gasteiger charge is 2.37. The minimum atomic E-state index is -4.92. The molecular formula is C10H4ClF6N5O5. The Morgan fingerprint density at radius 3 is 1.89 bits per heavy atom. The van der Waals surface area contributed by atoms with E-state index in [-0.39, 0.29) is 0 Å². The number of H-pyrrole nitrogens is 2. The molecule has 17 heteroatoms. The second-order valence-corrected chi connectivity index (χ2v) is 4.62. The Labute approximate surface area is 146 Å². The van der Waals surface area contributed by atoms with Gasteiger partial charge < -0.3 is 10.1 Å². The summed E-state index contributed by atoms with van der Waals surface area (Å²) < 4.78 is 71.5. The molecular weight excluding hydrogens is 420 g/mol. The predicted octanol–water partition coefficient (Wildman–Crippen LogP) is 1.84.